The van der Waals surface area contributed by atoms with Crippen molar-refractivity contribution in [3.63, 3.8) is 0 Å². The van der Waals surface area contributed by atoms with E-state index in [1.165, 1.54) is 0 Å². The highest BCUT2D eigenvalue weighted by Crippen LogP contribution is 2.23. The van der Waals surface area contributed by atoms with Crippen LogP contribution in [-0.4, -0.2) is 35.0 Å². The minimum absolute atomic E-state index is 0.0127. The number of nitrogens with zero attached hydrogens (tertiary/aromatic N) is 1. The molecule has 26 heavy (non-hydrogen) atoms. The number of benzene rings is 2. The van der Waals surface area contributed by atoms with Gasteiger partial charge in [-0.05, 0) is 19.8 Å². The number of hydrogen-bond acceptors (Lipinski definition) is 3. The summed E-state index contributed by atoms with van der Waals surface area (Å²) in [5, 5.41) is 0. The van der Waals surface area contributed by atoms with E-state index in [9.17, 15) is 14.4 Å². The van der Waals surface area contributed by atoms with Gasteiger partial charge in [-0.25, -0.2) is 0 Å². The molecule has 0 aliphatic carbocycles. The number of Topliss-reactive ketones (excluding diaryl/α,β-unsaturated/α-hetero) is 2. The van der Waals surface area contributed by atoms with Crippen molar-refractivity contribution >= 4 is 17.5 Å². The zero-order chi connectivity index (χ0) is 18.5. The average Bonchev–Trinajstić information content (AvgIpc) is 3.16. The van der Waals surface area contributed by atoms with Crippen molar-refractivity contribution in [2.45, 2.75) is 38.6 Å². The fraction of sp³-hybridized carbons (Fsp3) is 0.318. The van der Waals surface area contributed by atoms with Crippen molar-refractivity contribution in [2.24, 2.45) is 0 Å². The lowest BCUT2D eigenvalue weighted by molar-refractivity contribution is -0.131. The monoisotopic (exact) mass is 349 g/mol. The van der Waals surface area contributed by atoms with E-state index < -0.39 is 6.04 Å². The molecule has 0 saturated carbocycles. The molecule has 134 valence electrons. The first-order valence-corrected chi connectivity index (χ1v) is 9.05. The van der Waals surface area contributed by atoms with E-state index in [0.717, 1.165) is 12.0 Å². The Bertz CT molecular complexity index is 796. The van der Waals surface area contributed by atoms with E-state index in [1.54, 1.807) is 29.2 Å². The summed E-state index contributed by atoms with van der Waals surface area (Å²) in [5.41, 5.74) is 2.35. The number of likely N-dealkylation sites (tertiary alicyclic amines) is 1. The van der Waals surface area contributed by atoms with Crippen LogP contribution in [0.15, 0.2) is 54.6 Å². The number of carbonyl (C=O) groups is 3. The molecule has 1 fully saturated rings. The van der Waals surface area contributed by atoms with Crippen molar-refractivity contribution in [1.29, 1.82) is 0 Å². The maximum atomic E-state index is 12.7. The van der Waals surface area contributed by atoms with Crippen LogP contribution in [0.25, 0.3) is 0 Å². The fourth-order valence-electron chi connectivity index (χ4n) is 3.38. The van der Waals surface area contributed by atoms with Crippen LogP contribution in [0.1, 0.15) is 52.0 Å². The van der Waals surface area contributed by atoms with Crippen LogP contribution in [0.2, 0.25) is 0 Å². The number of ketones is 2. The first-order valence-electron chi connectivity index (χ1n) is 9.05. The molecular weight excluding hydrogens is 326 g/mol. The molecule has 4 heteroatoms. The summed E-state index contributed by atoms with van der Waals surface area (Å²) in [6.45, 7) is 2.55. The van der Waals surface area contributed by atoms with E-state index >= 15 is 0 Å². The van der Waals surface area contributed by atoms with Crippen molar-refractivity contribution in [1.82, 2.24) is 4.90 Å². The molecule has 2 aromatic carbocycles. The van der Waals surface area contributed by atoms with Gasteiger partial charge in [-0.15, -0.1) is 0 Å². The van der Waals surface area contributed by atoms with Crippen LogP contribution in [0.5, 0.6) is 0 Å². The smallest absolute Gasteiger partial charge is 0.223 e. The van der Waals surface area contributed by atoms with E-state index in [-0.39, 0.29) is 30.3 Å². The van der Waals surface area contributed by atoms with Gasteiger partial charge in [0.2, 0.25) is 5.91 Å². The number of rotatable bonds is 6. The summed E-state index contributed by atoms with van der Waals surface area (Å²) in [6.07, 6.45) is 1.82. The molecule has 1 unspecified atom stereocenters. The van der Waals surface area contributed by atoms with Gasteiger partial charge in [0.15, 0.2) is 11.6 Å². The van der Waals surface area contributed by atoms with E-state index in [2.05, 4.69) is 0 Å². The molecule has 3 rings (SSSR count). The standard InChI is InChI=1S/C22H23NO3/c1-16-9-11-17(12-10-16)20(24)13-14-21(25)23-15-5-8-19(23)22(26)18-6-3-2-4-7-18/h2-4,6-7,9-12,19H,5,8,13-15H2,1H3. The predicted molar refractivity (Wildman–Crippen MR) is 100 cm³/mol. The van der Waals surface area contributed by atoms with Crippen LogP contribution in [0.3, 0.4) is 0 Å². The zero-order valence-electron chi connectivity index (χ0n) is 15.0. The molecule has 0 spiro atoms. The Balaban J connectivity index is 1.60. The summed E-state index contributed by atoms with van der Waals surface area (Å²) in [5.74, 6) is -0.165. The van der Waals surface area contributed by atoms with Gasteiger partial charge < -0.3 is 4.90 Å². The lowest BCUT2D eigenvalue weighted by atomic mass is 10.0. The molecule has 1 heterocycles. The zero-order valence-corrected chi connectivity index (χ0v) is 15.0. The molecule has 2 aromatic rings. The van der Waals surface area contributed by atoms with E-state index in [1.807, 2.05) is 37.3 Å². The Hall–Kier alpha value is -2.75. The highest BCUT2D eigenvalue weighted by atomic mass is 16.2. The van der Waals surface area contributed by atoms with Gasteiger partial charge in [0, 0.05) is 30.5 Å². The Morgan fingerprint density at radius 3 is 2.31 bits per heavy atom. The summed E-state index contributed by atoms with van der Waals surface area (Å²) in [7, 11) is 0. The highest BCUT2D eigenvalue weighted by Gasteiger charge is 2.34. The Labute approximate surface area is 153 Å². The van der Waals surface area contributed by atoms with Crippen molar-refractivity contribution in [3.05, 3.63) is 71.3 Å². The van der Waals surface area contributed by atoms with Gasteiger partial charge in [-0.3, -0.25) is 14.4 Å². The molecule has 1 aliphatic rings. The Kier molecular flexibility index (Phi) is 5.61. The average molecular weight is 349 g/mol. The summed E-state index contributed by atoms with van der Waals surface area (Å²) in [6, 6.07) is 16.1. The quantitative estimate of drug-likeness (QED) is 0.745. The maximum absolute atomic E-state index is 12.7. The summed E-state index contributed by atoms with van der Waals surface area (Å²) >= 11 is 0. The third-order valence-electron chi connectivity index (χ3n) is 4.87. The van der Waals surface area contributed by atoms with E-state index in [4.69, 9.17) is 0 Å². The maximum Gasteiger partial charge on any atom is 0.223 e. The van der Waals surface area contributed by atoms with Crippen molar-refractivity contribution < 1.29 is 14.4 Å². The molecule has 1 saturated heterocycles. The molecule has 0 aromatic heterocycles. The van der Waals surface area contributed by atoms with Gasteiger partial charge in [0.1, 0.15) is 0 Å². The number of carbonyl (C=O) groups excluding carboxylic acids is 3. The lowest BCUT2D eigenvalue weighted by Gasteiger charge is -2.23. The largest absolute Gasteiger partial charge is 0.332 e. The van der Waals surface area contributed by atoms with Gasteiger partial charge in [-0.2, -0.15) is 0 Å². The molecule has 0 bridgehead atoms. The van der Waals surface area contributed by atoms with Crippen LogP contribution in [-0.2, 0) is 4.79 Å². The third kappa shape index (κ3) is 4.07. The lowest BCUT2D eigenvalue weighted by Crippen LogP contribution is -2.40. The van der Waals surface area contributed by atoms with Gasteiger partial charge >= 0.3 is 0 Å². The minimum Gasteiger partial charge on any atom is -0.332 e. The van der Waals surface area contributed by atoms with Gasteiger partial charge in [0.05, 0.1) is 6.04 Å². The molecule has 1 amide bonds. The molecule has 0 radical (unpaired) electrons. The predicted octanol–water partition coefficient (Wildman–Crippen LogP) is 3.83. The molecule has 1 atom stereocenters. The molecular formula is C22H23NO3. The normalized spacial score (nSPS) is 16.5. The number of aryl methyl sites for hydroxylation is 1. The SMILES string of the molecule is Cc1ccc(C(=O)CCC(=O)N2CCCC2C(=O)c2ccccc2)cc1. The second-order valence-electron chi connectivity index (χ2n) is 6.76. The number of amides is 1. The summed E-state index contributed by atoms with van der Waals surface area (Å²) < 4.78 is 0. The number of hydrogen-bond donors (Lipinski definition) is 0. The Morgan fingerprint density at radius 1 is 0.923 bits per heavy atom. The minimum atomic E-state index is -0.403. The van der Waals surface area contributed by atoms with Crippen LogP contribution in [0, 0.1) is 6.92 Å². The highest BCUT2D eigenvalue weighted by molar-refractivity contribution is 6.03. The van der Waals surface area contributed by atoms with Gasteiger partial charge in [0.25, 0.3) is 0 Å². The first-order chi connectivity index (χ1) is 12.6. The van der Waals surface area contributed by atoms with Crippen molar-refractivity contribution in [2.75, 3.05) is 6.54 Å². The second-order valence-corrected chi connectivity index (χ2v) is 6.76. The van der Waals surface area contributed by atoms with Crippen LogP contribution in [0.4, 0.5) is 0 Å². The van der Waals surface area contributed by atoms with Crippen LogP contribution < -0.4 is 0 Å². The summed E-state index contributed by atoms with van der Waals surface area (Å²) in [4.78, 5) is 39.2. The second kappa shape index (κ2) is 8.09. The first kappa shape index (κ1) is 18.1. The Morgan fingerprint density at radius 2 is 1.62 bits per heavy atom. The van der Waals surface area contributed by atoms with Crippen LogP contribution >= 0.6 is 0 Å². The fourth-order valence-corrected chi connectivity index (χ4v) is 3.38. The molecule has 4 nitrogen and oxygen atoms in total. The molecule has 1 aliphatic heterocycles. The third-order valence-corrected chi connectivity index (χ3v) is 4.87. The molecule has 0 N–H and O–H groups in total. The van der Waals surface area contributed by atoms with E-state index in [0.29, 0.717) is 24.1 Å². The van der Waals surface area contributed by atoms with Gasteiger partial charge in [-0.1, -0.05) is 60.2 Å². The van der Waals surface area contributed by atoms with Crippen molar-refractivity contribution in [3.8, 4) is 0 Å². The topological polar surface area (TPSA) is 54.5 Å².